The van der Waals surface area contributed by atoms with Crippen molar-refractivity contribution in [2.75, 3.05) is 18.5 Å². The van der Waals surface area contributed by atoms with Crippen LogP contribution in [0, 0.1) is 10.1 Å². The zero-order chi connectivity index (χ0) is 15.7. The molecule has 1 fully saturated rings. The number of nitrogen functional groups attached to an aromatic ring is 1. The second-order valence-corrected chi connectivity index (χ2v) is 8.03. The number of benzene rings is 1. The molecule has 1 aromatic carbocycles. The molecule has 1 aliphatic carbocycles. The van der Waals surface area contributed by atoms with Gasteiger partial charge in [0.15, 0.2) is 4.90 Å². The molecule has 116 valence electrons. The SMILES string of the molecule is CSC1(CNS(=O)(=O)c2cccc(N)c2[N+](=O)[O-])CCC1. The average Bonchev–Trinajstić information content (AvgIpc) is 2.37. The molecule has 0 bridgehead atoms. The van der Waals surface area contributed by atoms with Crippen molar-refractivity contribution in [3.8, 4) is 0 Å². The molecule has 0 spiro atoms. The van der Waals surface area contributed by atoms with Crippen LogP contribution in [0.5, 0.6) is 0 Å². The molecule has 0 unspecified atom stereocenters. The molecule has 0 radical (unpaired) electrons. The van der Waals surface area contributed by atoms with Crippen LogP contribution in [0.2, 0.25) is 0 Å². The average molecular weight is 331 g/mol. The lowest BCUT2D eigenvalue weighted by molar-refractivity contribution is -0.386. The Morgan fingerprint density at radius 2 is 2.14 bits per heavy atom. The number of rotatable bonds is 6. The summed E-state index contributed by atoms with van der Waals surface area (Å²) in [6.45, 7) is 0.266. The standard InChI is InChI=1S/C12H17N3O4S2/c1-20-12(6-3-7-12)8-14-21(18,19)10-5-2-4-9(13)11(10)15(16)17/h2,4-5,14H,3,6-8,13H2,1H3. The van der Waals surface area contributed by atoms with E-state index in [1.807, 2.05) is 6.26 Å². The molecule has 3 N–H and O–H groups in total. The Kier molecular flexibility index (Phi) is 4.45. The minimum atomic E-state index is -3.96. The highest BCUT2D eigenvalue weighted by Crippen LogP contribution is 2.42. The second-order valence-electron chi connectivity index (χ2n) is 5.02. The van der Waals surface area contributed by atoms with Gasteiger partial charge < -0.3 is 5.73 Å². The number of nitrogens with one attached hydrogen (secondary N) is 1. The number of hydrogen-bond acceptors (Lipinski definition) is 6. The number of sulfonamides is 1. The van der Waals surface area contributed by atoms with Gasteiger partial charge in [-0.15, -0.1) is 0 Å². The molecule has 1 aromatic rings. The fraction of sp³-hybridized carbons (Fsp3) is 0.500. The first kappa shape index (κ1) is 16.1. The molecule has 0 amide bonds. The van der Waals surface area contributed by atoms with E-state index in [9.17, 15) is 18.5 Å². The van der Waals surface area contributed by atoms with Gasteiger partial charge in [-0.3, -0.25) is 10.1 Å². The Morgan fingerprint density at radius 1 is 1.48 bits per heavy atom. The van der Waals surface area contributed by atoms with E-state index in [4.69, 9.17) is 5.73 Å². The highest BCUT2D eigenvalue weighted by atomic mass is 32.2. The van der Waals surface area contributed by atoms with Crippen LogP contribution >= 0.6 is 11.8 Å². The first-order valence-electron chi connectivity index (χ1n) is 6.39. The van der Waals surface area contributed by atoms with Crippen LogP contribution in [0.25, 0.3) is 0 Å². The maximum atomic E-state index is 12.3. The number of nitro benzene ring substituents is 1. The predicted octanol–water partition coefficient (Wildman–Crippen LogP) is 1.74. The molecule has 1 saturated carbocycles. The molecule has 0 heterocycles. The minimum absolute atomic E-state index is 0.0951. The highest BCUT2D eigenvalue weighted by molar-refractivity contribution is 8.00. The lowest BCUT2D eigenvalue weighted by Gasteiger charge is -2.40. The van der Waals surface area contributed by atoms with E-state index >= 15 is 0 Å². The van der Waals surface area contributed by atoms with Crippen LogP contribution in [-0.4, -0.2) is 30.9 Å². The van der Waals surface area contributed by atoms with Gasteiger partial charge >= 0.3 is 5.69 Å². The largest absolute Gasteiger partial charge is 0.393 e. The summed E-state index contributed by atoms with van der Waals surface area (Å²) in [6.07, 6.45) is 4.89. The van der Waals surface area contributed by atoms with Crippen LogP contribution in [0.3, 0.4) is 0 Å². The maximum absolute atomic E-state index is 12.3. The third-order valence-corrected chi connectivity index (χ3v) is 6.64. The second kappa shape index (κ2) is 5.82. The van der Waals surface area contributed by atoms with Crippen molar-refractivity contribution in [3.05, 3.63) is 28.3 Å². The Bertz CT molecular complexity index is 651. The molecule has 7 nitrogen and oxygen atoms in total. The topological polar surface area (TPSA) is 115 Å². The van der Waals surface area contributed by atoms with Crippen molar-refractivity contribution in [1.82, 2.24) is 4.72 Å². The highest BCUT2D eigenvalue weighted by Gasteiger charge is 2.38. The number of para-hydroxylation sites is 1. The summed E-state index contributed by atoms with van der Waals surface area (Å²) in [5.74, 6) is 0. The van der Waals surface area contributed by atoms with Crippen LogP contribution in [0.15, 0.2) is 23.1 Å². The third kappa shape index (κ3) is 3.14. The van der Waals surface area contributed by atoms with Gasteiger partial charge in [-0.1, -0.05) is 12.5 Å². The number of nitrogens with zero attached hydrogens (tertiary/aromatic N) is 1. The summed E-state index contributed by atoms with van der Waals surface area (Å²) in [7, 11) is -3.96. The smallest absolute Gasteiger partial charge is 0.312 e. The summed E-state index contributed by atoms with van der Waals surface area (Å²) in [4.78, 5) is 9.89. The van der Waals surface area contributed by atoms with Gasteiger partial charge in [0.2, 0.25) is 10.0 Å². The fourth-order valence-electron chi connectivity index (χ4n) is 2.28. The monoisotopic (exact) mass is 331 g/mol. The Labute approximate surface area is 127 Å². The van der Waals surface area contributed by atoms with Crippen molar-refractivity contribution in [3.63, 3.8) is 0 Å². The van der Waals surface area contributed by atoms with Crippen LogP contribution in [0.4, 0.5) is 11.4 Å². The van der Waals surface area contributed by atoms with Crippen molar-refractivity contribution in [1.29, 1.82) is 0 Å². The van der Waals surface area contributed by atoms with E-state index in [0.29, 0.717) is 0 Å². The van der Waals surface area contributed by atoms with Gasteiger partial charge in [-0.2, -0.15) is 11.8 Å². The van der Waals surface area contributed by atoms with E-state index in [0.717, 1.165) is 19.3 Å². The van der Waals surface area contributed by atoms with Crippen LogP contribution < -0.4 is 10.5 Å². The summed E-state index contributed by atoms with van der Waals surface area (Å²) in [6, 6.07) is 3.90. The van der Waals surface area contributed by atoms with Gasteiger partial charge in [0, 0.05) is 11.3 Å². The third-order valence-electron chi connectivity index (χ3n) is 3.78. The summed E-state index contributed by atoms with van der Waals surface area (Å²) in [5, 5.41) is 11.0. The normalized spacial score (nSPS) is 17.2. The number of nitro groups is 1. The molecule has 1 aliphatic rings. The number of nitrogens with two attached hydrogens (primary N) is 1. The molecular formula is C12H17N3O4S2. The Hall–Kier alpha value is -1.32. The van der Waals surface area contributed by atoms with Crippen molar-refractivity contribution in [2.24, 2.45) is 0 Å². The first-order valence-corrected chi connectivity index (χ1v) is 9.10. The summed E-state index contributed by atoms with van der Waals surface area (Å²) in [5.41, 5.74) is 4.79. The van der Waals surface area contributed by atoms with E-state index in [2.05, 4.69) is 4.72 Å². The minimum Gasteiger partial charge on any atom is -0.393 e. The van der Waals surface area contributed by atoms with Crippen LogP contribution in [0.1, 0.15) is 19.3 Å². The van der Waals surface area contributed by atoms with Crippen LogP contribution in [-0.2, 0) is 10.0 Å². The molecule has 9 heteroatoms. The predicted molar refractivity (Wildman–Crippen MR) is 82.8 cm³/mol. The van der Waals surface area contributed by atoms with Crippen molar-refractivity contribution >= 4 is 33.2 Å². The van der Waals surface area contributed by atoms with Gasteiger partial charge in [0.1, 0.15) is 5.69 Å². The van der Waals surface area contributed by atoms with E-state index in [1.54, 1.807) is 11.8 Å². The lowest BCUT2D eigenvalue weighted by Crippen LogP contribution is -2.45. The zero-order valence-electron chi connectivity index (χ0n) is 11.5. The van der Waals surface area contributed by atoms with Gasteiger partial charge in [-0.05, 0) is 31.2 Å². The number of anilines is 1. The molecule has 0 atom stereocenters. The molecular weight excluding hydrogens is 314 g/mol. The van der Waals surface area contributed by atoms with Gasteiger partial charge in [0.25, 0.3) is 0 Å². The van der Waals surface area contributed by atoms with Crippen molar-refractivity contribution < 1.29 is 13.3 Å². The van der Waals surface area contributed by atoms with E-state index in [1.165, 1.54) is 18.2 Å². The Morgan fingerprint density at radius 3 is 2.62 bits per heavy atom. The van der Waals surface area contributed by atoms with E-state index < -0.39 is 20.6 Å². The first-order chi connectivity index (χ1) is 9.81. The van der Waals surface area contributed by atoms with Gasteiger partial charge in [-0.25, -0.2) is 13.1 Å². The molecule has 21 heavy (non-hydrogen) atoms. The molecule has 0 saturated heterocycles. The quantitative estimate of drug-likeness (QED) is 0.466. The number of hydrogen-bond donors (Lipinski definition) is 2. The number of thioether (sulfide) groups is 1. The fourth-order valence-corrected chi connectivity index (χ4v) is 4.61. The Balaban J connectivity index is 2.28. The maximum Gasteiger partial charge on any atom is 0.312 e. The molecule has 0 aromatic heterocycles. The van der Waals surface area contributed by atoms with Gasteiger partial charge in [0.05, 0.1) is 4.92 Å². The molecule has 0 aliphatic heterocycles. The van der Waals surface area contributed by atoms with E-state index in [-0.39, 0.29) is 21.9 Å². The lowest BCUT2D eigenvalue weighted by atomic mass is 9.84. The van der Waals surface area contributed by atoms with Crippen molar-refractivity contribution in [2.45, 2.75) is 28.9 Å². The summed E-state index contributed by atoms with van der Waals surface area (Å²) < 4.78 is 27.1. The zero-order valence-corrected chi connectivity index (χ0v) is 13.2. The summed E-state index contributed by atoms with van der Waals surface area (Å²) >= 11 is 1.62. The molecule has 2 rings (SSSR count).